The minimum atomic E-state index is -1.07. The number of amides is 3. The number of nitrogens with one attached hydrogen (secondary N) is 3. The molecular formula is C18H30N6O12. The second-order valence-corrected chi connectivity index (χ2v) is 6.66. The molecule has 0 saturated carbocycles. The topological polar surface area (TPSA) is 242 Å². The Kier molecular flexibility index (Phi) is 14.0. The van der Waals surface area contributed by atoms with Crippen LogP contribution in [0.1, 0.15) is 0 Å². The van der Waals surface area contributed by atoms with Crippen LogP contribution in [0.15, 0.2) is 14.4 Å². The quantitative estimate of drug-likeness (QED) is 0.119. The van der Waals surface area contributed by atoms with Crippen LogP contribution in [0.2, 0.25) is 0 Å². The van der Waals surface area contributed by atoms with Crippen molar-refractivity contribution in [2.24, 2.45) is 0 Å². The minimum absolute atomic E-state index is 0.0752. The first kappa shape index (κ1) is 30.1. The second-order valence-electron chi connectivity index (χ2n) is 6.66. The number of aliphatic hydroxyl groups is 3. The number of aromatic nitrogens is 3. The molecule has 0 saturated heterocycles. The van der Waals surface area contributed by atoms with Gasteiger partial charge in [-0.25, -0.2) is 42.5 Å². The molecule has 0 aliphatic rings. The zero-order valence-corrected chi connectivity index (χ0v) is 19.3. The summed E-state index contributed by atoms with van der Waals surface area (Å²) in [5.74, 6) is 0. The molecule has 6 N–H and O–H groups in total. The van der Waals surface area contributed by atoms with Crippen molar-refractivity contribution in [2.75, 3.05) is 59.3 Å². The van der Waals surface area contributed by atoms with Gasteiger partial charge in [-0.1, -0.05) is 0 Å². The Morgan fingerprint density at radius 3 is 1.03 bits per heavy atom. The average Bonchev–Trinajstić information content (AvgIpc) is 2.86. The Balaban J connectivity index is 3.07. The molecule has 18 heteroatoms. The third-order valence-corrected chi connectivity index (χ3v) is 4.17. The number of hydrogen-bond acceptors (Lipinski definition) is 12. The Hall–Kier alpha value is -3.90. The van der Waals surface area contributed by atoms with Crippen molar-refractivity contribution in [2.45, 2.75) is 19.6 Å². The fourth-order valence-corrected chi connectivity index (χ4v) is 2.57. The molecule has 0 aromatic carbocycles. The van der Waals surface area contributed by atoms with E-state index in [0.717, 1.165) is 0 Å². The SMILES string of the molecule is O=C(NCCO)OCCn1c(=O)n(CCOC(=O)NCCO)c(=O)n(CCOC(=O)NCCO)c1=O. The summed E-state index contributed by atoms with van der Waals surface area (Å²) in [5, 5.41) is 32.7. The maximum atomic E-state index is 12.8. The Morgan fingerprint density at radius 1 is 0.556 bits per heavy atom. The summed E-state index contributed by atoms with van der Waals surface area (Å²) in [6.45, 7) is -3.86. The zero-order valence-electron chi connectivity index (χ0n) is 19.3. The molecule has 0 atom stereocenters. The first-order chi connectivity index (χ1) is 17.3. The first-order valence-corrected chi connectivity index (χ1v) is 10.8. The van der Waals surface area contributed by atoms with Crippen molar-refractivity contribution in [3.63, 3.8) is 0 Å². The molecule has 1 heterocycles. The van der Waals surface area contributed by atoms with E-state index >= 15 is 0 Å². The van der Waals surface area contributed by atoms with Crippen molar-refractivity contribution >= 4 is 18.3 Å². The third-order valence-electron chi connectivity index (χ3n) is 4.17. The van der Waals surface area contributed by atoms with Crippen LogP contribution in [-0.4, -0.2) is 107 Å². The number of ether oxygens (including phenoxy) is 3. The van der Waals surface area contributed by atoms with Gasteiger partial charge in [0.15, 0.2) is 0 Å². The number of hydrogen-bond donors (Lipinski definition) is 6. The summed E-state index contributed by atoms with van der Waals surface area (Å²) in [6.07, 6.45) is -2.72. The highest BCUT2D eigenvalue weighted by molar-refractivity contribution is 5.67. The molecule has 0 aliphatic heterocycles. The molecule has 3 amide bonds. The van der Waals surface area contributed by atoms with Gasteiger partial charge in [-0.2, -0.15) is 0 Å². The molecule has 0 aliphatic carbocycles. The highest BCUT2D eigenvalue weighted by atomic mass is 16.6. The molecule has 36 heavy (non-hydrogen) atoms. The summed E-state index contributed by atoms with van der Waals surface area (Å²) in [6, 6.07) is 0. The molecule has 0 unspecified atom stereocenters. The minimum Gasteiger partial charge on any atom is -0.448 e. The van der Waals surface area contributed by atoms with E-state index in [2.05, 4.69) is 16.0 Å². The largest absolute Gasteiger partial charge is 0.448 e. The van der Waals surface area contributed by atoms with Gasteiger partial charge in [-0.3, -0.25) is 0 Å². The van der Waals surface area contributed by atoms with E-state index in [4.69, 9.17) is 29.5 Å². The van der Waals surface area contributed by atoms with Crippen LogP contribution in [0.3, 0.4) is 0 Å². The number of alkyl carbamates (subject to hydrolysis) is 3. The standard InChI is InChI=1S/C18H30N6O12/c25-7-1-19-13(28)34-10-4-22-16(31)23(5-11-35-14(29)20-2-8-26)18(33)24(17(22)32)6-12-36-15(30)21-3-9-27/h25-27H,1-12H2,(H,19,28)(H,20,29)(H,21,30). The van der Waals surface area contributed by atoms with Crippen LogP contribution in [0.5, 0.6) is 0 Å². The van der Waals surface area contributed by atoms with Crippen LogP contribution >= 0.6 is 0 Å². The monoisotopic (exact) mass is 522 g/mol. The molecule has 1 rings (SSSR count). The van der Waals surface area contributed by atoms with Gasteiger partial charge in [-0.15, -0.1) is 0 Å². The summed E-state index contributed by atoms with van der Waals surface area (Å²) in [4.78, 5) is 72.8. The molecule has 0 spiro atoms. The van der Waals surface area contributed by atoms with Crippen molar-refractivity contribution < 1.29 is 43.9 Å². The van der Waals surface area contributed by atoms with E-state index in [-0.39, 0.29) is 39.5 Å². The van der Waals surface area contributed by atoms with Gasteiger partial charge in [0.2, 0.25) is 0 Å². The van der Waals surface area contributed by atoms with Crippen LogP contribution in [0.25, 0.3) is 0 Å². The molecule has 1 aromatic heterocycles. The third kappa shape index (κ3) is 10.2. The zero-order chi connectivity index (χ0) is 26.9. The first-order valence-electron chi connectivity index (χ1n) is 10.8. The molecule has 1 aromatic rings. The smallest absolute Gasteiger partial charge is 0.407 e. The number of aliphatic hydroxyl groups excluding tert-OH is 3. The number of carbonyl (C=O) groups excluding carboxylic acids is 3. The van der Waals surface area contributed by atoms with E-state index in [9.17, 15) is 28.8 Å². The van der Waals surface area contributed by atoms with E-state index < -0.39 is 74.8 Å². The summed E-state index contributed by atoms with van der Waals surface area (Å²) in [5.41, 5.74) is -3.20. The lowest BCUT2D eigenvalue weighted by Crippen LogP contribution is -2.55. The van der Waals surface area contributed by atoms with Crippen molar-refractivity contribution in [3.8, 4) is 0 Å². The van der Waals surface area contributed by atoms with Gasteiger partial charge in [0.05, 0.1) is 39.5 Å². The van der Waals surface area contributed by atoms with Gasteiger partial charge >= 0.3 is 35.3 Å². The van der Waals surface area contributed by atoms with Gasteiger partial charge < -0.3 is 45.5 Å². The molecule has 0 fully saturated rings. The van der Waals surface area contributed by atoms with E-state index in [1.165, 1.54) is 0 Å². The van der Waals surface area contributed by atoms with Crippen molar-refractivity contribution in [3.05, 3.63) is 31.5 Å². The summed E-state index contributed by atoms with van der Waals surface area (Å²) in [7, 11) is 0. The highest BCUT2D eigenvalue weighted by Crippen LogP contribution is 1.86. The van der Waals surface area contributed by atoms with Crippen LogP contribution < -0.4 is 33.0 Å². The summed E-state index contributed by atoms with van der Waals surface area (Å²) >= 11 is 0. The Labute approximate surface area is 203 Å². The lowest BCUT2D eigenvalue weighted by Gasteiger charge is -2.14. The molecule has 204 valence electrons. The summed E-state index contributed by atoms with van der Waals surface area (Å²) < 4.78 is 16.3. The lowest BCUT2D eigenvalue weighted by molar-refractivity contribution is 0.132. The van der Waals surface area contributed by atoms with E-state index in [1.807, 2.05) is 0 Å². The predicted molar refractivity (Wildman–Crippen MR) is 119 cm³/mol. The Bertz CT molecular complexity index is 874. The van der Waals surface area contributed by atoms with Crippen LogP contribution in [0.4, 0.5) is 14.4 Å². The average molecular weight is 522 g/mol. The maximum absolute atomic E-state index is 12.8. The highest BCUT2D eigenvalue weighted by Gasteiger charge is 2.17. The van der Waals surface area contributed by atoms with Crippen LogP contribution in [0, 0.1) is 0 Å². The van der Waals surface area contributed by atoms with Gasteiger partial charge in [0.1, 0.15) is 19.8 Å². The number of nitrogens with zero attached hydrogens (tertiary/aromatic N) is 3. The van der Waals surface area contributed by atoms with Gasteiger partial charge in [-0.05, 0) is 0 Å². The van der Waals surface area contributed by atoms with E-state index in [0.29, 0.717) is 13.7 Å². The molecule has 0 radical (unpaired) electrons. The normalized spacial score (nSPS) is 10.4. The number of carbonyl (C=O) groups is 3. The second kappa shape index (κ2) is 16.7. The molecular weight excluding hydrogens is 492 g/mol. The number of rotatable bonds is 15. The van der Waals surface area contributed by atoms with Crippen molar-refractivity contribution in [1.29, 1.82) is 0 Å². The fraction of sp³-hybridized carbons (Fsp3) is 0.667. The molecule has 18 nitrogen and oxygen atoms in total. The maximum Gasteiger partial charge on any atom is 0.407 e. The van der Waals surface area contributed by atoms with Crippen molar-refractivity contribution in [1.82, 2.24) is 29.7 Å². The van der Waals surface area contributed by atoms with E-state index in [1.54, 1.807) is 0 Å². The van der Waals surface area contributed by atoms with Crippen LogP contribution in [-0.2, 0) is 33.8 Å². The van der Waals surface area contributed by atoms with Gasteiger partial charge in [0, 0.05) is 19.6 Å². The molecule has 0 bridgehead atoms. The predicted octanol–water partition coefficient (Wildman–Crippen LogP) is -4.67. The lowest BCUT2D eigenvalue weighted by atomic mass is 10.5. The Morgan fingerprint density at radius 2 is 0.806 bits per heavy atom. The fourth-order valence-electron chi connectivity index (χ4n) is 2.57. The van der Waals surface area contributed by atoms with Gasteiger partial charge in [0.25, 0.3) is 0 Å².